The molecule has 18 heavy (non-hydrogen) atoms. The summed E-state index contributed by atoms with van der Waals surface area (Å²) < 4.78 is 0. The van der Waals surface area contributed by atoms with Gasteiger partial charge in [-0.1, -0.05) is 19.3 Å². The van der Waals surface area contributed by atoms with Crippen LogP contribution in [-0.2, 0) is 9.59 Å². The van der Waals surface area contributed by atoms with Crippen LogP contribution in [0.5, 0.6) is 0 Å². The smallest absolute Gasteiger partial charge is 0.239 e. The highest BCUT2D eigenvalue weighted by Crippen LogP contribution is 2.17. The predicted octanol–water partition coefficient (Wildman–Crippen LogP) is 0.193. The number of hydrogen-bond acceptors (Lipinski definition) is 3. The first-order valence-corrected chi connectivity index (χ1v) is 6.53. The molecule has 6 heteroatoms. The summed E-state index contributed by atoms with van der Waals surface area (Å²) in [7, 11) is 0. The summed E-state index contributed by atoms with van der Waals surface area (Å²) in [6.07, 6.45) is 5.83. The molecule has 0 radical (unpaired) electrons. The first-order valence-electron chi connectivity index (χ1n) is 6.53. The number of hydrogen-bond donors (Lipinski definition) is 3. The van der Waals surface area contributed by atoms with Gasteiger partial charge >= 0.3 is 0 Å². The molecule has 1 heterocycles. The zero-order valence-electron chi connectivity index (χ0n) is 10.5. The molecule has 104 valence electrons. The van der Waals surface area contributed by atoms with E-state index in [4.69, 9.17) is 0 Å². The van der Waals surface area contributed by atoms with Gasteiger partial charge in [-0.15, -0.1) is 12.4 Å². The molecular weight excluding hydrogens is 254 g/mol. The quantitative estimate of drug-likeness (QED) is 0.686. The van der Waals surface area contributed by atoms with E-state index in [0.717, 1.165) is 25.9 Å². The molecule has 5 nitrogen and oxygen atoms in total. The predicted molar refractivity (Wildman–Crippen MR) is 71.6 cm³/mol. The largest absolute Gasteiger partial charge is 0.352 e. The van der Waals surface area contributed by atoms with Crippen LogP contribution in [0.4, 0.5) is 0 Å². The number of nitrogens with one attached hydrogen (secondary N) is 3. The molecule has 2 amide bonds. The number of carbonyl (C=O) groups is 2. The van der Waals surface area contributed by atoms with Gasteiger partial charge in [0.25, 0.3) is 0 Å². The Morgan fingerprint density at radius 2 is 1.78 bits per heavy atom. The average molecular weight is 276 g/mol. The fourth-order valence-corrected chi connectivity index (χ4v) is 2.31. The standard InChI is InChI=1S/C12H21N3O2.ClH/c16-11(15-10-4-2-1-3-5-10)8-14-12(17)9-6-13-7-9;/h9-10,13H,1-8H2,(H,14,17)(H,15,16);1H. The van der Waals surface area contributed by atoms with Gasteiger partial charge in [0.05, 0.1) is 12.5 Å². The summed E-state index contributed by atoms with van der Waals surface area (Å²) in [5.74, 6) is -0.0162. The first-order chi connectivity index (χ1) is 8.25. The Morgan fingerprint density at radius 3 is 2.33 bits per heavy atom. The molecule has 2 rings (SSSR count). The Morgan fingerprint density at radius 1 is 1.11 bits per heavy atom. The molecule has 0 spiro atoms. The van der Waals surface area contributed by atoms with Crippen molar-refractivity contribution in [2.45, 2.75) is 38.1 Å². The molecule has 0 bridgehead atoms. The Balaban J connectivity index is 0.00000162. The van der Waals surface area contributed by atoms with E-state index in [2.05, 4.69) is 16.0 Å². The fraction of sp³-hybridized carbons (Fsp3) is 0.833. The second-order valence-electron chi connectivity index (χ2n) is 4.98. The second kappa shape index (κ2) is 7.59. The summed E-state index contributed by atoms with van der Waals surface area (Å²) >= 11 is 0. The summed E-state index contributed by atoms with van der Waals surface area (Å²) in [5, 5.41) is 8.70. The molecule has 2 fully saturated rings. The van der Waals surface area contributed by atoms with Crippen LogP contribution >= 0.6 is 12.4 Å². The molecule has 3 N–H and O–H groups in total. The minimum Gasteiger partial charge on any atom is -0.352 e. The van der Waals surface area contributed by atoms with Crippen LogP contribution in [-0.4, -0.2) is 37.5 Å². The van der Waals surface area contributed by atoms with E-state index in [-0.39, 0.29) is 36.7 Å². The van der Waals surface area contributed by atoms with Crippen molar-refractivity contribution in [2.24, 2.45) is 5.92 Å². The number of amides is 2. The van der Waals surface area contributed by atoms with Crippen molar-refractivity contribution in [3.63, 3.8) is 0 Å². The lowest BCUT2D eigenvalue weighted by Gasteiger charge is -2.26. The normalized spacial score (nSPS) is 20.4. The lowest BCUT2D eigenvalue weighted by Crippen LogP contribution is -2.52. The number of carbonyl (C=O) groups excluding carboxylic acids is 2. The average Bonchev–Trinajstić information content (AvgIpc) is 2.25. The van der Waals surface area contributed by atoms with Gasteiger partial charge < -0.3 is 16.0 Å². The zero-order chi connectivity index (χ0) is 12.1. The van der Waals surface area contributed by atoms with E-state index < -0.39 is 0 Å². The van der Waals surface area contributed by atoms with Gasteiger partial charge in [-0.25, -0.2) is 0 Å². The minimum atomic E-state index is -0.0578. The molecule has 0 aromatic heterocycles. The first kappa shape index (κ1) is 15.2. The molecule has 1 aliphatic carbocycles. The molecule has 0 unspecified atom stereocenters. The van der Waals surface area contributed by atoms with Crippen LogP contribution in [0.2, 0.25) is 0 Å². The molecule has 0 aromatic carbocycles. The summed E-state index contributed by atoms with van der Waals surface area (Å²) in [5.41, 5.74) is 0. The fourth-order valence-electron chi connectivity index (χ4n) is 2.31. The lowest BCUT2D eigenvalue weighted by molar-refractivity contribution is -0.129. The zero-order valence-corrected chi connectivity index (χ0v) is 11.4. The summed E-state index contributed by atoms with van der Waals surface area (Å²) in [6.45, 7) is 1.58. The third-order valence-corrected chi connectivity index (χ3v) is 3.55. The minimum absolute atomic E-state index is 0. The van der Waals surface area contributed by atoms with Crippen molar-refractivity contribution in [3.05, 3.63) is 0 Å². The number of halogens is 1. The Bertz CT molecular complexity index is 289. The maximum absolute atomic E-state index is 11.6. The highest BCUT2D eigenvalue weighted by molar-refractivity contribution is 5.86. The lowest BCUT2D eigenvalue weighted by atomic mass is 9.95. The SMILES string of the molecule is Cl.O=C(CNC(=O)C1CNC1)NC1CCCCC1. The Kier molecular flexibility index (Phi) is 6.43. The van der Waals surface area contributed by atoms with E-state index in [1.165, 1.54) is 19.3 Å². The van der Waals surface area contributed by atoms with Crippen LogP contribution in [0.3, 0.4) is 0 Å². The van der Waals surface area contributed by atoms with Gasteiger partial charge in [-0.05, 0) is 12.8 Å². The highest BCUT2D eigenvalue weighted by atomic mass is 35.5. The van der Waals surface area contributed by atoms with E-state index in [9.17, 15) is 9.59 Å². The molecule has 2 aliphatic rings. The summed E-state index contributed by atoms with van der Waals surface area (Å²) in [6, 6.07) is 0.318. The van der Waals surface area contributed by atoms with Crippen molar-refractivity contribution in [2.75, 3.05) is 19.6 Å². The van der Waals surface area contributed by atoms with Gasteiger partial charge in [-0.2, -0.15) is 0 Å². The second-order valence-corrected chi connectivity index (χ2v) is 4.98. The van der Waals surface area contributed by atoms with Gasteiger partial charge in [0, 0.05) is 19.1 Å². The monoisotopic (exact) mass is 275 g/mol. The van der Waals surface area contributed by atoms with Crippen molar-refractivity contribution in [1.29, 1.82) is 0 Å². The van der Waals surface area contributed by atoms with Gasteiger partial charge in [0.15, 0.2) is 0 Å². The van der Waals surface area contributed by atoms with E-state index >= 15 is 0 Å². The third-order valence-electron chi connectivity index (χ3n) is 3.55. The van der Waals surface area contributed by atoms with Gasteiger partial charge in [-0.3, -0.25) is 9.59 Å². The van der Waals surface area contributed by atoms with Crippen molar-refractivity contribution >= 4 is 24.2 Å². The Hall–Kier alpha value is -0.810. The third kappa shape index (κ3) is 4.46. The molecule has 1 saturated heterocycles. The van der Waals surface area contributed by atoms with Crippen LogP contribution in [0.15, 0.2) is 0 Å². The van der Waals surface area contributed by atoms with Crippen LogP contribution < -0.4 is 16.0 Å². The molecule has 1 aliphatic heterocycles. The van der Waals surface area contributed by atoms with Gasteiger partial charge in [0.2, 0.25) is 11.8 Å². The number of rotatable bonds is 4. The van der Waals surface area contributed by atoms with Crippen LogP contribution in [0, 0.1) is 5.92 Å². The van der Waals surface area contributed by atoms with Crippen LogP contribution in [0.25, 0.3) is 0 Å². The summed E-state index contributed by atoms with van der Waals surface area (Å²) in [4.78, 5) is 23.1. The van der Waals surface area contributed by atoms with Gasteiger partial charge in [0.1, 0.15) is 0 Å². The highest BCUT2D eigenvalue weighted by Gasteiger charge is 2.25. The van der Waals surface area contributed by atoms with E-state index in [0.29, 0.717) is 6.04 Å². The maximum Gasteiger partial charge on any atom is 0.239 e. The van der Waals surface area contributed by atoms with Crippen molar-refractivity contribution in [3.8, 4) is 0 Å². The Labute approximate surface area is 114 Å². The van der Waals surface area contributed by atoms with Crippen molar-refractivity contribution < 1.29 is 9.59 Å². The van der Waals surface area contributed by atoms with E-state index in [1.807, 2.05) is 0 Å². The van der Waals surface area contributed by atoms with Crippen molar-refractivity contribution in [1.82, 2.24) is 16.0 Å². The van der Waals surface area contributed by atoms with E-state index in [1.54, 1.807) is 0 Å². The molecule has 1 saturated carbocycles. The molecular formula is C12H22ClN3O2. The molecule has 0 aromatic rings. The topological polar surface area (TPSA) is 70.2 Å². The maximum atomic E-state index is 11.6. The van der Waals surface area contributed by atoms with Crippen LogP contribution in [0.1, 0.15) is 32.1 Å². The molecule has 0 atom stereocenters.